The molecule has 0 aliphatic heterocycles. The number of nitrogens with zero attached hydrogens (tertiary/aromatic N) is 1. The van der Waals surface area contributed by atoms with Crippen LogP contribution in [0.5, 0.6) is 0 Å². The molecule has 100 valence electrons. The van der Waals surface area contributed by atoms with Gasteiger partial charge >= 0.3 is 0 Å². The molecule has 2 unspecified atom stereocenters. The first-order valence-corrected chi connectivity index (χ1v) is 8.03. The Labute approximate surface area is 112 Å². The van der Waals surface area contributed by atoms with E-state index < -0.39 is 8.94 Å². The number of rotatable bonds is 4. The molecule has 0 saturated heterocycles. The molecule has 18 heavy (non-hydrogen) atoms. The number of carbonyl (C=O) groups is 1. The summed E-state index contributed by atoms with van der Waals surface area (Å²) in [6.07, 6.45) is 0.785. The second-order valence-electron chi connectivity index (χ2n) is 4.03. The summed E-state index contributed by atoms with van der Waals surface area (Å²) in [6, 6.07) is 6.50. The van der Waals surface area contributed by atoms with Gasteiger partial charge in [-0.3, -0.25) is 4.79 Å². The summed E-state index contributed by atoms with van der Waals surface area (Å²) >= 11 is 0. The molecule has 0 fully saturated rings. The van der Waals surface area contributed by atoms with E-state index in [4.69, 9.17) is 10.7 Å². The number of amides is 1. The van der Waals surface area contributed by atoms with Crippen LogP contribution in [0.2, 0.25) is 0 Å². The van der Waals surface area contributed by atoms with Crippen LogP contribution >= 0.6 is 10.7 Å². The molecule has 0 radical (unpaired) electrons. The number of hydrogen-bond donors (Lipinski definition) is 1. The van der Waals surface area contributed by atoms with Gasteiger partial charge in [-0.2, -0.15) is 0 Å². The van der Waals surface area contributed by atoms with Crippen molar-refractivity contribution in [3.05, 3.63) is 24.3 Å². The van der Waals surface area contributed by atoms with E-state index in [9.17, 15) is 9.00 Å². The van der Waals surface area contributed by atoms with Gasteiger partial charge in [-0.25, -0.2) is 8.57 Å². The highest BCUT2D eigenvalue weighted by molar-refractivity contribution is 8.15. The maximum absolute atomic E-state index is 12.2. The second kappa shape index (κ2) is 6.20. The van der Waals surface area contributed by atoms with Gasteiger partial charge in [-0.1, -0.05) is 6.92 Å². The highest BCUT2D eigenvalue weighted by Gasteiger charge is 2.10. The Morgan fingerprint density at radius 2 is 2.00 bits per heavy atom. The largest absolute Gasteiger partial charge is 0.326 e. The Bertz CT molecular complexity index is 534. The van der Waals surface area contributed by atoms with Crippen LogP contribution in [0, 0.1) is 0 Å². The van der Waals surface area contributed by atoms with Crippen LogP contribution in [0.15, 0.2) is 33.5 Å². The summed E-state index contributed by atoms with van der Waals surface area (Å²) in [4.78, 5) is 11.3. The van der Waals surface area contributed by atoms with Gasteiger partial charge in [-0.05, 0) is 37.6 Å². The Balaban J connectivity index is 3.01. The minimum Gasteiger partial charge on any atom is -0.326 e. The third-order valence-corrected chi connectivity index (χ3v) is 4.63. The zero-order valence-electron chi connectivity index (χ0n) is 10.6. The van der Waals surface area contributed by atoms with E-state index in [0.717, 1.165) is 6.42 Å². The predicted octanol–water partition coefficient (Wildman–Crippen LogP) is 3.42. The molecule has 0 saturated carbocycles. The van der Waals surface area contributed by atoms with E-state index in [1.54, 1.807) is 24.3 Å². The average molecular weight is 289 g/mol. The summed E-state index contributed by atoms with van der Waals surface area (Å²) in [5, 5.41) is 2.63. The fraction of sp³-hybridized carbons (Fsp3) is 0.417. The van der Waals surface area contributed by atoms with Gasteiger partial charge in [0.25, 0.3) is 0 Å². The van der Waals surface area contributed by atoms with E-state index in [1.807, 2.05) is 13.8 Å². The highest BCUT2D eigenvalue weighted by atomic mass is 35.7. The predicted molar refractivity (Wildman–Crippen MR) is 75.2 cm³/mol. The zero-order chi connectivity index (χ0) is 13.8. The maximum atomic E-state index is 12.2. The molecule has 1 N–H and O–H groups in total. The van der Waals surface area contributed by atoms with E-state index in [-0.39, 0.29) is 11.9 Å². The lowest BCUT2D eigenvalue weighted by atomic mass is 10.3. The van der Waals surface area contributed by atoms with Crippen molar-refractivity contribution in [1.82, 2.24) is 0 Å². The molecule has 2 atom stereocenters. The van der Waals surface area contributed by atoms with Gasteiger partial charge < -0.3 is 5.32 Å². The molecule has 0 heterocycles. The number of benzene rings is 1. The lowest BCUT2D eigenvalue weighted by Gasteiger charge is -2.07. The number of nitrogens with one attached hydrogen (secondary N) is 1. The van der Waals surface area contributed by atoms with Crippen molar-refractivity contribution in [3.63, 3.8) is 0 Å². The fourth-order valence-corrected chi connectivity index (χ4v) is 3.20. The number of hydrogen-bond acceptors (Lipinski definition) is 3. The van der Waals surface area contributed by atoms with Crippen LogP contribution < -0.4 is 5.32 Å². The van der Waals surface area contributed by atoms with E-state index in [0.29, 0.717) is 10.6 Å². The molecule has 0 aliphatic rings. The maximum Gasteiger partial charge on any atom is 0.221 e. The molecule has 1 aromatic carbocycles. The molecule has 4 nitrogen and oxygen atoms in total. The van der Waals surface area contributed by atoms with Crippen LogP contribution in [0.1, 0.15) is 27.2 Å². The third kappa shape index (κ3) is 4.31. The fourth-order valence-electron chi connectivity index (χ4n) is 1.28. The molecule has 0 bridgehead atoms. The van der Waals surface area contributed by atoms with Crippen molar-refractivity contribution in [3.8, 4) is 0 Å². The number of anilines is 1. The Hall–Kier alpha value is -1.07. The Morgan fingerprint density at radius 1 is 1.44 bits per heavy atom. The topological polar surface area (TPSA) is 58.5 Å². The summed E-state index contributed by atoms with van der Waals surface area (Å²) in [6.45, 7) is 5.25. The molecule has 0 aliphatic carbocycles. The summed E-state index contributed by atoms with van der Waals surface area (Å²) in [7, 11) is 3.08. The van der Waals surface area contributed by atoms with Gasteiger partial charge in [0.2, 0.25) is 5.91 Å². The lowest BCUT2D eigenvalue weighted by molar-refractivity contribution is -0.114. The van der Waals surface area contributed by atoms with Crippen molar-refractivity contribution in [2.45, 2.75) is 38.1 Å². The van der Waals surface area contributed by atoms with Gasteiger partial charge in [-0.15, -0.1) is 0 Å². The number of carbonyl (C=O) groups excluding carboxylic acids is 1. The zero-order valence-corrected chi connectivity index (χ0v) is 12.2. The van der Waals surface area contributed by atoms with E-state index in [1.165, 1.54) is 6.92 Å². The van der Waals surface area contributed by atoms with Gasteiger partial charge in [0.05, 0.1) is 10.9 Å². The minimum absolute atomic E-state index is 0.0509. The molecular formula is C12H17ClN2O2S. The molecule has 1 rings (SSSR count). The Kier molecular flexibility index (Phi) is 5.16. The SMILES string of the molecule is CCC(C)N=S(=O)(Cl)c1ccc(NC(C)=O)cc1. The molecular weight excluding hydrogens is 272 g/mol. The molecule has 6 heteroatoms. The molecule has 1 aromatic rings. The first-order valence-electron chi connectivity index (χ1n) is 5.68. The summed E-state index contributed by atoms with van der Waals surface area (Å²) in [5.41, 5.74) is 0.640. The van der Waals surface area contributed by atoms with Crippen molar-refractivity contribution >= 4 is 31.2 Å². The van der Waals surface area contributed by atoms with Crippen LogP contribution in [-0.2, 0) is 13.7 Å². The van der Waals surface area contributed by atoms with Crippen LogP contribution in [0.3, 0.4) is 0 Å². The van der Waals surface area contributed by atoms with Gasteiger partial charge in [0.1, 0.15) is 0 Å². The van der Waals surface area contributed by atoms with Crippen LogP contribution in [0.25, 0.3) is 0 Å². The van der Waals surface area contributed by atoms with Crippen molar-refractivity contribution < 1.29 is 9.00 Å². The van der Waals surface area contributed by atoms with Crippen LogP contribution in [-0.4, -0.2) is 16.2 Å². The third-order valence-electron chi connectivity index (χ3n) is 2.37. The van der Waals surface area contributed by atoms with Gasteiger partial charge in [0, 0.05) is 23.3 Å². The van der Waals surface area contributed by atoms with Crippen LogP contribution in [0.4, 0.5) is 5.69 Å². The summed E-state index contributed by atoms with van der Waals surface area (Å²) < 4.78 is 16.3. The standard InChI is InChI=1S/C12H17ClN2O2S/c1-4-9(2)15-18(13,17)12-7-5-11(6-8-12)14-10(3)16/h5-9H,4H2,1-3H3,(H,14,16). The summed E-state index contributed by atoms with van der Waals surface area (Å²) in [5.74, 6) is -0.154. The molecule has 0 spiro atoms. The Morgan fingerprint density at radius 3 is 2.44 bits per heavy atom. The smallest absolute Gasteiger partial charge is 0.221 e. The normalized spacial score (nSPS) is 15.6. The van der Waals surface area contributed by atoms with E-state index >= 15 is 0 Å². The quantitative estimate of drug-likeness (QED) is 0.863. The van der Waals surface area contributed by atoms with E-state index in [2.05, 4.69) is 9.68 Å². The van der Waals surface area contributed by atoms with Gasteiger partial charge in [0.15, 0.2) is 8.94 Å². The minimum atomic E-state index is -2.88. The average Bonchev–Trinajstić information content (AvgIpc) is 2.28. The highest BCUT2D eigenvalue weighted by Crippen LogP contribution is 2.21. The monoisotopic (exact) mass is 288 g/mol. The van der Waals surface area contributed by atoms with Crippen molar-refractivity contribution in [1.29, 1.82) is 0 Å². The second-order valence-corrected chi connectivity index (χ2v) is 6.88. The first kappa shape index (κ1) is 15.0. The lowest BCUT2D eigenvalue weighted by Crippen LogP contribution is -2.06. The first-order chi connectivity index (χ1) is 8.35. The molecule has 1 amide bonds. The van der Waals surface area contributed by atoms with Crippen molar-refractivity contribution in [2.75, 3.05) is 5.32 Å². The molecule has 0 aromatic heterocycles. The number of halogens is 1. The van der Waals surface area contributed by atoms with Crippen molar-refractivity contribution in [2.24, 2.45) is 4.36 Å².